The van der Waals surface area contributed by atoms with Gasteiger partial charge in [-0.1, -0.05) is 34.2 Å². The molecule has 0 radical (unpaired) electrons. The number of nitrogens with one attached hydrogen (secondary N) is 1. The highest BCUT2D eigenvalue weighted by Gasteiger charge is 2.21. The number of allylic oxidation sites excluding steroid dienone is 2. The molecular formula is C13H19BrN2O3. The summed E-state index contributed by atoms with van der Waals surface area (Å²) in [6, 6.07) is 0.0443. The Hall–Kier alpha value is -1.30. The van der Waals surface area contributed by atoms with E-state index in [1.807, 2.05) is 25.2 Å². The zero-order valence-corrected chi connectivity index (χ0v) is 12.8. The highest BCUT2D eigenvalue weighted by Crippen LogP contribution is 2.19. The molecule has 1 aliphatic carbocycles. The molecule has 0 fully saturated rings. The van der Waals surface area contributed by atoms with Gasteiger partial charge < -0.3 is 15.0 Å². The first kappa shape index (κ1) is 15.8. The third-order valence-corrected chi connectivity index (χ3v) is 3.34. The van der Waals surface area contributed by atoms with Crippen molar-refractivity contribution < 1.29 is 14.3 Å². The van der Waals surface area contributed by atoms with Gasteiger partial charge in [-0.3, -0.25) is 4.79 Å². The number of ether oxygens (including phenoxy) is 1. The normalized spacial score (nSPS) is 17.6. The summed E-state index contributed by atoms with van der Waals surface area (Å²) in [6.45, 7) is 4.49. The van der Waals surface area contributed by atoms with Crippen molar-refractivity contribution >= 4 is 27.9 Å². The molecule has 0 aromatic rings. The van der Waals surface area contributed by atoms with Crippen molar-refractivity contribution in [1.29, 1.82) is 0 Å². The quantitative estimate of drug-likeness (QED) is 0.840. The van der Waals surface area contributed by atoms with Crippen LogP contribution in [-0.2, 0) is 9.53 Å². The zero-order valence-electron chi connectivity index (χ0n) is 11.2. The number of nitrogens with zero attached hydrogens (tertiary/aromatic N) is 1. The predicted molar refractivity (Wildman–Crippen MR) is 77.0 cm³/mol. The highest BCUT2D eigenvalue weighted by atomic mass is 79.9. The fourth-order valence-corrected chi connectivity index (χ4v) is 2.18. The van der Waals surface area contributed by atoms with E-state index >= 15 is 0 Å². The highest BCUT2D eigenvalue weighted by molar-refractivity contribution is 9.11. The summed E-state index contributed by atoms with van der Waals surface area (Å²) in [6.07, 6.45) is 6.16. The van der Waals surface area contributed by atoms with E-state index < -0.39 is 6.09 Å². The van der Waals surface area contributed by atoms with Crippen LogP contribution in [0.3, 0.4) is 0 Å². The maximum Gasteiger partial charge on any atom is 0.407 e. The van der Waals surface area contributed by atoms with E-state index in [0.29, 0.717) is 13.2 Å². The van der Waals surface area contributed by atoms with Gasteiger partial charge in [0.1, 0.15) is 6.54 Å². The molecule has 0 bridgehead atoms. The van der Waals surface area contributed by atoms with Crippen molar-refractivity contribution in [1.82, 2.24) is 10.2 Å². The Morgan fingerprint density at radius 2 is 2.26 bits per heavy atom. The van der Waals surface area contributed by atoms with Crippen LogP contribution < -0.4 is 5.32 Å². The fraction of sp³-hybridized carbons (Fsp3) is 0.538. The van der Waals surface area contributed by atoms with Crippen LogP contribution in [0.2, 0.25) is 0 Å². The molecule has 0 aromatic carbocycles. The van der Waals surface area contributed by atoms with Gasteiger partial charge in [0.25, 0.3) is 0 Å². The minimum atomic E-state index is -0.561. The minimum Gasteiger partial charge on any atom is -0.450 e. The van der Waals surface area contributed by atoms with E-state index in [0.717, 1.165) is 10.9 Å². The number of hydrogen-bond donors (Lipinski definition) is 1. The second-order valence-electron chi connectivity index (χ2n) is 4.00. The number of hydrogen-bond acceptors (Lipinski definition) is 3. The van der Waals surface area contributed by atoms with Crippen molar-refractivity contribution in [2.75, 3.05) is 19.7 Å². The van der Waals surface area contributed by atoms with Gasteiger partial charge in [0.05, 0.1) is 12.6 Å². The molecule has 0 saturated heterocycles. The maximum absolute atomic E-state index is 12.1. The Kier molecular flexibility index (Phi) is 6.62. The fourth-order valence-electron chi connectivity index (χ4n) is 1.84. The van der Waals surface area contributed by atoms with Crippen LogP contribution in [0, 0.1) is 0 Å². The van der Waals surface area contributed by atoms with Gasteiger partial charge >= 0.3 is 6.09 Å². The van der Waals surface area contributed by atoms with Crippen LogP contribution in [0.1, 0.15) is 20.3 Å². The maximum atomic E-state index is 12.1. The number of alkyl carbamates (subject to hydrolysis) is 1. The summed E-state index contributed by atoms with van der Waals surface area (Å²) in [5.41, 5.74) is 0. The lowest BCUT2D eigenvalue weighted by Crippen LogP contribution is -2.45. The third-order valence-electron chi connectivity index (χ3n) is 2.75. The molecule has 0 heterocycles. The SMILES string of the molecule is CCOC(=O)NCC(=O)N(CC)C1C=CC(Br)=CC1. The van der Waals surface area contributed by atoms with Gasteiger partial charge in [0.15, 0.2) is 0 Å². The van der Waals surface area contributed by atoms with Crippen molar-refractivity contribution in [2.24, 2.45) is 0 Å². The second kappa shape index (κ2) is 7.99. The van der Waals surface area contributed by atoms with Crippen molar-refractivity contribution in [3.05, 3.63) is 22.7 Å². The van der Waals surface area contributed by atoms with Gasteiger partial charge in [-0.2, -0.15) is 0 Å². The van der Waals surface area contributed by atoms with Crippen LogP contribution in [-0.4, -0.2) is 42.6 Å². The Bertz CT molecular complexity index is 393. The molecular weight excluding hydrogens is 312 g/mol. The number of carbonyl (C=O) groups is 2. The summed E-state index contributed by atoms with van der Waals surface area (Å²) in [7, 11) is 0. The molecule has 1 aliphatic rings. The molecule has 0 spiro atoms. The molecule has 106 valence electrons. The van der Waals surface area contributed by atoms with E-state index in [1.54, 1.807) is 11.8 Å². The first-order chi connectivity index (χ1) is 9.08. The largest absolute Gasteiger partial charge is 0.450 e. The molecule has 5 nitrogen and oxygen atoms in total. The summed E-state index contributed by atoms with van der Waals surface area (Å²) in [4.78, 5) is 24.9. The lowest BCUT2D eigenvalue weighted by Gasteiger charge is -2.29. The predicted octanol–water partition coefficient (Wildman–Crippen LogP) is 2.19. The van der Waals surface area contributed by atoms with Crippen LogP contribution in [0.5, 0.6) is 0 Å². The molecule has 1 atom stereocenters. The van der Waals surface area contributed by atoms with Gasteiger partial charge in [0.2, 0.25) is 5.91 Å². The summed E-state index contributed by atoms with van der Waals surface area (Å²) in [5, 5.41) is 2.44. The van der Waals surface area contributed by atoms with Crippen LogP contribution >= 0.6 is 15.9 Å². The van der Waals surface area contributed by atoms with Crippen molar-refractivity contribution in [3.8, 4) is 0 Å². The zero-order chi connectivity index (χ0) is 14.3. The molecule has 0 aromatic heterocycles. The van der Waals surface area contributed by atoms with E-state index in [2.05, 4.69) is 21.2 Å². The molecule has 19 heavy (non-hydrogen) atoms. The van der Waals surface area contributed by atoms with Crippen LogP contribution in [0.4, 0.5) is 4.79 Å². The molecule has 2 amide bonds. The number of halogens is 1. The average molecular weight is 331 g/mol. The number of carbonyl (C=O) groups excluding carboxylic acids is 2. The molecule has 0 saturated carbocycles. The smallest absolute Gasteiger partial charge is 0.407 e. The third kappa shape index (κ3) is 5.06. The standard InChI is InChI=1S/C13H19BrN2O3/c1-3-16(11-7-5-10(14)6-8-11)12(17)9-15-13(18)19-4-2/h5-7,11H,3-4,8-9H2,1-2H3,(H,15,18). The number of amides is 2. The molecule has 1 rings (SSSR count). The van der Waals surface area contributed by atoms with Gasteiger partial charge in [-0.05, 0) is 20.3 Å². The van der Waals surface area contributed by atoms with E-state index in [9.17, 15) is 9.59 Å². The topological polar surface area (TPSA) is 58.6 Å². The first-order valence-electron chi connectivity index (χ1n) is 6.32. The van der Waals surface area contributed by atoms with E-state index in [1.165, 1.54) is 0 Å². The van der Waals surface area contributed by atoms with Crippen molar-refractivity contribution in [3.63, 3.8) is 0 Å². The molecule has 1 unspecified atom stereocenters. The van der Waals surface area contributed by atoms with Crippen molar-refractivity contribution in [2.45, 2.75) is 26.3 Å². The monoisotopic (exact) mass is 330 g/mol. The van der Waals surface area contributed by atoms with Gasteiger partial charge in [-0.15, -0.1) is 0 Å². The van der Waals surface area contributed by atoms with E-state index in [-0.39, 0.29) is 18.5 Å². The Morgan fingerprint density at radius 1 is 1.53 bits per heavy atom. The Labute approximate surface area is 121 Å². The average Bonchev–Trinajstić information content (AvgIpc) is 2.40. The Balaban J connectivity index is 2.49. The number of likely N-dealkylation sites (N-methyl/N-ethyl adjacent to an activating group) is 1. The van der Waals surface area contributed by atoms with E-state index in [4.69, 9.17) is 4.74 Å². The summed E-state index contributed by atoms with van der Waals surface area (Å²) < 4.78 is 5.74. The second-order valence-corrected chi connectivity index (χ2v) is 4.92. The van der Waals surface area contributed by atoms with Crippen LogP contribution in [0.15, 0.2) is 22.7 Å². The van der Waals surface area contributed by atoms with Crippen LogP contribution in [0.25, 0.3) is 0 Å². The first-order valence-corrected chi connectivity index (χ1v) is 7.11. The minimum absolute atomic E-state index is 0.0398. The summed E-state index contributed by atoms with van der Waals surface area (Å²) >= 11 is 3.39. The van der Waals surface area contributed by atoms with Gasteiger partial charge in [-0.25, -0.2) is 4.79 Å². The molecule has 6 heteroatoms. The molecule has 1 N–H and O–H groups in total. The lowest BCUT2D eigenvalue weighted by atomic mass is 10.1. The Morgan fingerprint density at radius 3 is 2.79 bits per heavy atom. The number of rotatable bonds is 5. The summed E-state index contributed by atoms with van der Waals surface area (Å²) in [5.74, 6) is -0.114. The lowest BCUT2D eigenvalue weighted by molar-refractivity contribution is -0.131. The van der Waals surface area contributed by atoms with Gasteiger partial charge in [0, 0.05) is 11.0 Å². The molecule has 0 aliphatic heterocycles.